The van der Waals surface area contributed by atoms with Crippen molar-refractivity contribution in [1.82, 2.24) is 14.7 Å². The third-order valence-corrected chi connectivity index (χ3v) is 8.68. The molecule has 2 amide bonds. The third kappa shape index (κ3) is 5.05. The average Bonchev–Trinajstić information content (AvgIpc) is 3.26. The number of hydrogen-bond donors (Lipinski definition) is 0. The molecule has 5 rings (SSSR count). The van der Waals surface area contributed by atoms with Crippen molar-refractivity contribution in [3.05, 3.63) is 46.3 Å². The number of ether oxygens (including phenoxy) is 1. The van der Waals surface area contributed by atoms with Crippen molar-refractivity contribution < 1.29 is 9.53 Å². The quantitative estimate of drug-likeness (QED) is 0.638. The van der Waals surface area contributed by atoms with E-state index in [2.05, 4.69) is 60.9 Å². The number of para-hydroxylation sites is 1. The molecule has 0 radical (unpaired) electrons. The maximum atomic E-state index is 13.3. The average molecular weight is 483 g/mol. The Hall–Kier alpha value is -2.25. The molecule has 0 saturated carbocycles. The minimum absolute atomic E-state index is 0.187. The summed E-state index contributed by atoms with van der Waals surface area (Å²) in [5.74, 6) is 0. The Bertz CT molecular complexity index is 990. The van der Waals surface area contributed by atoms with Gasteiger partial charge in [0, 0.05) is 62.4 Å². The van der Waals surface area contributed by atoms with E-state index in [0.717, 1.165) is 70.1 Å². The number of piperazine rings is 1. The maximum absolute atomic E-state index is 13.3. The van der Waals surface area contributed by atoms with Gasteiger partial charge in [0.25, 0.3) is 0 Å². The summed E-state index contributed by atoms with van der Waals surface area (Å²) in [5.41, 5.74) is 3.96. The number of amides is 2. The van der Waals surface area contributed by atoms with E-state index in [1.807, 2.05) is 9.80 Å². The lowest BCUT2D eigenvalue weighted by Crippen LogP contribution is -2.53. The zero-order valence-corrected chi connectivity index (χ0v) is 21.6. The van der Waals surface area contributed by atoms with Crippen molar-refractivity contribution in [3.63, 3.8) is 0 Å². The molecule has 0 atom stereocenters. The number of aryl methyl sites for hydroxylation is 1. The van der Waals surface area contributed by atoms with E-state index in [-0.39, 0.29) is 6.03 Å². The molecule has 0 N–H and O–H groups in total. The van der Waals surface area contributed by atoms with E-state index in [9.17, 15) is 4.79 Å². The monoisotopic (exact) mass is 482 g/mol. The van der Waals surface area contributed by atoms with Crippen LogP contribution in [0.15, 0.2) is 30.3 Å². The number of piperidine rings is 1. The fourth-order valence-electron chi connectivity index (χ4n) is 5.44. The lowest BCUT2D eigenvalue weighted by atomic mass is 10.1. The van der Waals surface area contributed by atoms with Crippen LogP contribution in [0, 0.1) is 6.92 Å². The van der Waals surface area contributed by atoms with Gasteiger partial charge in [-0.3, -0.25) is 0 Å². The van der Waals surface area contributed by atoms with Gasteiger partial charge in [-0.1, -0.05) is 18.2 Å². The Morgan fingerprint density at radius 2 is 1.74 bits per heavy atom. The first-order chi connectivity index (χ1) is 16.5. The molecule has 2 fully saturated rings. The Kier molecular flexibility index (Phi) is 7.02. The first-order valence-corrected chi connectivity index (χ1v) is 13.7. The molecule has 34 heavy (non-hydrogen) atoms. The second-order valence-corrected chi connectivity index (χ2v) is 11.3. The molecule has 1 aromatic carbocycles. The van der Waals surface area contributed by atoms with Gasteiger partial charge >= 0.3 is 6.03 Å². The number of likely N-dealkylation sites (tertiary alicyclic amines) is 1. The lowest BCUT2D eigenvalue weighted by Gasteiger charge is -2.39. The summed E-state index contributed by atoms with van der Waals surface area (Å²) in [5, 5.41) is 1.04. The van der Waals surface area contributed by atoms with Crippen molar-refractivity contribution in [2.45, 2.75) is 58.7 Å². The fourth-order valence-corrected chi connectivity index (χ4v) is 6.59. The molecular weight excluding hydrogens is 444 g/mol. The van der Waals surface area contributed by atoms with E-state index in [0.29, 0.717) is 18.7 Å². The van der Waals surface area contributed by atoms with Gasteiger partial charge in [0.2, 0.25) is 0 Å². The summed E-state index contributed by atoms with van der Waals surface area (Å²) in [6.45, 7) is 13.8. The number of rotatable bonds is 4. The number of hydrogen-bond acceptors (Lipinski definition) is 5. The standard InChI is InChI=1S/C27H38N4O2S/c1-20(2)28-12-9-23(10-13-28)33-26-18-22-8-11-31(19-25(22)34-26)27(32)30-16-14-29(15-17-30)24-7-5-4-6-21(24)3/h4-7,18,20,23H,8-17,19H2,1-3H3. The smallest absolute Gasteiger partial charge is 0.320 e. The number of benzene rings is 1. The van der Waals surface area contributed by atoms with E-state index >= 15 is 0 Å². The van der Waals surface area contributed by atoms with Crippen LogP contribution in [0.25, 0.3) is 0 Å². The Balaban J connectivity index is 1.14. The zero-order chi connectivity index (χ0) is 23.7. The first-order valence-electron chi connectivity index (χ1n) is 12.8. The predicted octanol–water partition coefficient (Wildman–Crippen LogP) is 4.61. The topological polar surface area (TPSA) is 39.3 Å². The number of nitrogens with zero attached hydrogens (tertiary/aromatic N) is 4. The molecule has 3 aliphatic heterocycles. The van der Waals surface area contributed by atoms with Crippen LogP contribution in [-0.2, 0) is 13.0 Å². The second kappa shape index (κ2) is 10.2. The summed E-state index contributed by atoms with van der Waals surface area (Å²) in [6.07, 6.45) is 3.44. The summed E-state index contributed by atoms with van der Waals surface area (Å²) in [7, 11) is 0. The minimum Gasteiger partial charge on any atom is -0.481 e. The van der Waals surface area contributed by atoms with Crippen molar-refractivity contribution in [3.8, 4) is 5.06 Å². The molecule has 6 nitrogen and oxygen atoms in total. The molecule has 184 valence electrons. The van der Waals surface area contributed by atoms with Crippen LogP contribution in [0.4, 0.5) is 10.5 Å². The Morgan fingerprint density at radius 1 is 1.00 bits per heavy atom. The highest BCUT2D eigenvalue weighted by Gasteiger charge is 2.30. The van der Waals surface area contributed by atoms with Crippen molar-refractivity contribution in [2.24, 2.45) is 0 Å². The number of carbonyl (C=O) groups is 1. The van der Waals surface area contributed by atoms with Crippen molar-refractivity contribution >= 4 is 23.1 Å². The van der Waals surface area contributed by atoms with E-state index in [4.69, 9.17) is 4.74 Å². The van der Waals surface area contributed by atoms with Crippen LogP contribution in [-0.4, -0.2) is 78.7 Å². The minimum atomic E-state index is 0.187. The van der Waals surface area contributed by atoms with Crippen molar-refractivity contribution in [2.75, 3.05) is 50.7 Å². The third-order valence-electron chi connectivity index (χ3n) is 7.63. The molecule has 1 aromatic heterocycles. The molecule has 0 unspecified atom stereocenters. The summed E-state index contributed by atoms with van der Waals surface area (Å²) in [6, 6.07) is 11.6. The van der Waals surface area contributed by atoms with Gasteiger partial charge < -0.3 is 24.3 Å². The van der Waals surface area contributed by atoms with Gasteiger partial charge in [-0.25, -0.2) is 4.79 Å². The highest BCUT2D eigenvalue weighted by molar-refractivity contribution is 7.14. The van der Waals surface area contributed by atoms with Gasteiger partial charge in [-0.05, 0) is 63.3 Å². The summed E-state index contributed by atoms with van der Waals surface area (Å²) < 4.78 is 6.38. The molecule has 0 bridgehead atoms. The van der Waals surface area contributed by atoms with Crippen LogP contribution >= 0.6 is 11.3 Å². The fraction of sp³-hybridized carbons (Fsp3) is 0.593. The van der Waals surface area contributed by atoms with Crippen molar-refractivity contribution in [1.29, 1.82) is 0 Å². The molecule has 4 heterocycles. The first kappa shape index (κ1) is 23.5. The molecular formula is C27H38N4O2S. The summed E-state index contributed by atoms with van der Waals surface area (Å²) >= 11 is 1.75. The van der Waals surface area contributed by atoms with E-state index < -0.39 is 0 Å². The highest BCUT2D eigenvalue weighted by atomic mass is 32.1. The summed E-state index contributed by atoms with van der Waals surface area (Å²) in [4.78, 5) is 23.6. The number of carbonyl (C=O) groups excluding carboxylic acids is 1. The zero-order valence-electron chi connectivity index (χ0n) is 20.8. The van der Waals surface area contributed by atoms with Crippen LogP contribution in [0.3, 0.4) is 0 Å². The van der Waals surface area contributed by atoms with E-state index in [1.165, 1.54) is 21.7 Å². The molecule has 2 aromatic rings. The van der Waals surface area contributed by atoms with Crippen LogP contribution in [0.1, 0.15) is 42.7 Å². The number of anilines is 1. The SMILES string of the molecule is Cc1ccccc1N1CCN(C(=O)N2CCc3cc(OC4CCN(C(C)C)CC4)sc3C2)CC1. The number of urea groups is 1. The van der Waals surface area contributed by atoms with Gasteiger partial charge in [0.1, 0.15) is 6.10 Å². The maximum Gasteiger partial charge on any atom is 0.320 e. The van der Waals surface area contributed by atoms with Crippen LogP contribution in [0.5, 0.6) is 5.06 Å². The largest absolute Gasteiger partial charge is 0.481 e. The Morgan fingerprint density at radius 3 is 2.44 bits per heavy atom. The molecule has 3 aliphatic rings. The van der Waals surface area contributed by atoms with Gasteiger partial charge in [-0.15, -0.1) is 11.3 Å². The van der Waals surface area contributed by atoms with Crippen LogP contribution < -0.4 is 9.64 Å². The normalized spacial score (nSPS) is 20.1. The van der Waals surface area contributed by atoms with Gasteiger partial charge in [-0.2, -0.15) is 0 Å². The highest BCUT2D eigenvalue weighted by Crippen LogP contribution is 2.35. The lowest BCUT2D eigenvalue weighted by molar-refractivity contribution is 0.0868. The van der Waals surface area contributed by atoms with Gasteiger partial charge in [0.05, 0.1) is 6.54 Å². The number of fused-ring (bicyclic) bond motifs is 1. The van der Waals surface area contributed by atoms with Gasteiger partial charge in [0.15, 0.2) is 5.06 Å². The van der Waals surface area contributed by atoms with E-state index in [1.54, 1.807) is 11.3 Å². The Labute approximate surface area is 208 Å². The van der Waals surface area contributed by atoms with Crippen LogP contribution in [0.2, 0.25) is 0 Å². The molecule has 0 spiro atoms. The number of thiophene rings is 1. The molecule has 2 saturated heterocycles. The molecule has 0 aliphatic carbocycles. The second-order valence-electron chi connectivity index (χ2n) is 10.2. The molecule has 7 heteroatoms. The predicted molar refractivity (Wildman–Crippen MR) is 139 cm³/mol.